The zero-order valence-electron chi connectivity index (χ0n) is 9.86. The third-order valence-corrected chi connectivity index (χ3v) is 2.91. The molecule has 0 aliphatic carbocycles. The van der Waals surface area contributed by atoms with Crippen LogP contribution < -0.4 is 24.0 Å². The van der Waals surface area contributed by atoms with Crippen molar-refractivity contribution in [3.05, 3.63) is 0 Å². The number of halogens is 2. The summed E-state index contributed by atoms with van der Waals surface area (Å²) in [5, 5.41) is 1.12. The van der Waals surface area contributed by atoms with E-state index in [1.54, 1.807) is 0 Å². The maximum Gasteiger partial charge on any atom is 0.0880 e. The van der Waals surface area contributed by atoms with Gasteiger partial charge in [0.25, 0.3) is 0 Å². The quantitative estimate of drug-likeness (QED) is 0.249. The average Bonchev–Trinajstić information content (AvgIpc) is 2.04. The van der Waals surface area contributed by atoms with Gasteiger partial charge in [0.1, 0.15) is 0 Å². The van der Waals surface area contributed by atoms with Crippen LogP contribution in [0.25, 0.3) is 0 Å². The van der Waals surface area contributed by atoms with Crippen LogP contribution in [-0.2, 0) is 0 Å². The molecule has 0 spiro atoms. The SMILES string of the molecule is CCCCCCC[N+](C)(C)CCBr.[I-]. The minimum atomic E-state index is 0. The lowest BCUT2D eigenvalue weighted by Gasteiger charge is -2.28. The van der Waals surface area contributed by atoms with Crippen molar-refractivity contribution in [1.82, 2.24) is 0 Å². The molecule has 0 bridgehead atoms. The van der Waals surface area contributed by atoms with Crippen molar-refractivity contribution in [2.75, 3.05) is 32.5 Å². The van der Waals surface area contributed by atoms with Crippen molar-refractivity contribution in [3.63, 3.8) is 0 Å². The fourth-order valence-corrected chi connectivity index (χ4v) is 2.44. The highest BCUT2D eigenvalue weighted by molar-refractivity contribution is 9.09. The fraction of sp³-hybridized carbons (Fsp3) is 1.00. The summed E-state index contributed by atoms with van der Waals surface area (Å²) in [6.45, 7) is 4.84. The number of quaternary nitrogens is 1. The Bertz CT molecular complexity index is 118. The van der Waals surface area contributed by atoms with Crippen LogP contribution in [0, 0.1) is 0 Å². The zero-order valence-corrected chi connectivity index (χ0v) is 13.6. The van der Waals surface area contributed by atoms with E-state index in [1.807, 2.05) is 0 Å². The second-order valence-corrected chi connectivity index (χ2v) is 5.28. The van der Waals surface area contributed by atoms with Gasteiger partial charge in [-0.15, -0.1) is 0 Å². The van der Waals surface area contributed by atoms with Gasteiger partial charge in [-0.25, -0.2) is 0 Å². The third kappa shape index (κ3) is 11.2. The van der Waals surface area contributed by atoms with E-state index in [9.17, 15) is 0 Å². The summed E-state index contributed by atoms with van der Waals surface area (Å²) in [6.07, 6.45) is 6.98. The Labute approximate surface area is 115 Å². The molecule has 88 valence electrons. The van der Waals surface area contributed by atoms with E-state index < -0.39 is 0 Å². The van der Waals surface area contributed by atoms with Crippen LogP contribution in [0.5, 0.6) is 0 Å². The monoisotopic (exact) mass is 377 g/mol. The smallest absolute Gasteiger partial charge is 0.0880 e. The molecule has 0 aromatic heterocycles. The lowest BCUT2D eigenvalue weighted by atomic mass is 10.1. The third-order valence-electron chi connectivity index (χ3n) is 2.56. The van der Waals surface area contributed by atoms with Crippen molar-refractivity contribution < 1.29 is 28.5 Å². The molecule has 0 amide bonds. The molecule has 14 heavy (non-hydrogen) atoms. The molecule has 0 saturated heterocycles. The van der Waals surface area contributed by atoms with Crippen molar-refractivity contribution in [2.45, 2.75) is 39.0 Å². The van der Waals surface area contributed by atoms with Gasteiger partial charge in [-0.05, 0) is 12.8 Å². The molecule has 3 heteroatoms. The van der Waals surface area contributed by atoms with E-state index in [0.29, 0.717) is 0 Å². The van der Waals surface area contributed by atoms with Crippen molar-refractivity contribution in [1.29, 1.82) is 0 Å². The standard InChI is InChI=1S/C11H25BrN.HI/c1-4-5-6-7-8-10-13(2,3)11-9-12;/h4-11H2,1-3H3;1H/q+1;/p-1. The first kappa shape index (κ1) is 17.6. The van der Waals surface area contributed by atoms with E-state index in [-0.39, 0.29) is 24.0 Å². The van der Waals surface area contributed by atoms with Crippen LogP contribution in [0.2, 0.25) is 0 Å². The van der Waals surface area contributed by atoms with Crippen LogP contribution in [-0.4, -0.2) is 37.0 Å². The molecule has 0 radical (unpaired) electrons. The largest absolute Gasteiger partial charge is 1.00 e. The highest BCUT2D eigenvalue weighted by Crippen LogP contribution is 2.07. The van der Waals surface area contributed by atoms with Gasteiger partial charge in [0.05, 0.1) is 32.5 Å². The predicted octanol–water partition coefficient (Wildman–Crippen LogP) is 0.432. The second kappa shape index (κ2) is 10.7. The molecule has 0 unspecified atom stereocenters. The molecular weight excluding hydrogens is 353 g/mol. The molecule has 0 aromatic carbocycles. The van der Waals surface area contributed by atoms with E-state index >= 15 is 0 Å². The van der Waals surface area contributed by atoms with Crippen molar-refractivity contribution in [2.24, 2.45) is 0 Å². The number of hydrogen-bond donors (Lipinski definition) is 0. The van der Waals surface area contributed by atoms with E-state index in [0.717, 1.165) is 9.81 Å². The summed E-state index contributed by atoms with van der Waals surface area (Å²) >= 11 is 3.50. The number of rotatable bonds is 8. The van der Waals surface area contributed by atoms with Crippen molar-refractivity contribution in [3.8, 4) is 0 Å². The highest BCUT2D eigenvalue weighted by atomic mass is 127. The predicted molar refractivity (Wildman–Crippen MR) is 64.4 cm³/mol. The first-order valence-electron chi connectivity index (χ1n) is 5.50. The number of alkyl halides is 1. The van der Waals surface area contributed by atoms with E-state index in [1.165, 1.54) is 45.2 Å². The summed E-state index contributed by atoms with van der Waals surface area (Å²) in [6, 6.07) is 0. The Morgan fingerprint density at radius 1 is 0.929 bits per heavy atom. The molecule has 0 saturated carbocycles. The number of nitrogens with zero attached hydrogens (tertiary/aromatic N) is 1. The van der Waals surface area contributed by atoms with Gasteiger partial charge >= 0.3 is 0 Å². The van der Waals surface area contributed by atoms with E-state index in [4.69, 9.17) is 0 Å². The lowest BCUT2D eigenvalue weighted by molar-refractivity contribution is -0.887. The first-order chi connectivity index (χ1) is 6.12. The topological polar surface area (TPSA) is 0 Å². The molecular formula is C11H25BrIN. The molecule has 0 fully saturated rings. The summed E-state index contributed by atoms with van der Waals surface area (Å²) in [5.41, 5.74) is 0. The molecule has 0 heterocycles. The molecule has 0 atom stereocenters. The maximum atomic E-state index is 3.50. The second-order valence-electron chi connectivity index (χ2n) is 4.49. The van der Waals surface area contributed by atoms with Gasteiger partial charge in [-0.3, -0.25) is 0 Å². The summed E-state index contributed by atoms with van der Waals surface area (Å²) in [5.74, 6) is 0. The lowest BCUT2D eigenvalue weighted by Crippen LogP contribution is -3.00. The highest BCUT2D eigenvalue weighted by Gasteiger charge is 2.12. The Kier molecular flexibility index (Phi) is 13.4. The van der Waals surface area contributed by atoms with Gasteiger partial charge in [-0.1, -0.05) is 42.1 Å². The maximum absolute atomic E-state index is 3.50. The minimum absolute atomic E-state index is 0. The van der Waals surface area contributed by atoms with Crippen LogP contribution >= 0.6 is 15.9 Å². The van der Waals surface area contributed by atoms with Gasteiger partial charge in [-0.2, -0.15) is 0 Å². The Balaban J connectivity index is 0. The van der Waals surface area contributed by atoms with Gasteiger partial charge in [0.2, 0.25) is 0 Å². The molecule has 0 N–H and O–H groups in total. The zero-order chi connectivity index (χ0) is 10.2. The van der Waals surface area contributed by atoms with Crippen LogP contribution in [0.15, 0.2) is 0 Å². The Hall–Kier alpha value is 1.17. The molecule has 0 aliphatic rings. The summed E-state index contributed by atoms with van der Waals surface area (Å²) < 4.78 is 1.16. The Morgan fingerprint density at radius 2 is 1.50 bits per heavy atom. The van der Waals surface area contributed by atoms with Crippen LogP contribution in [0.3, 0.4) is 0 Å². The molecule has 0 rings (SSSR count). The van der Waals surface area contributed by atoms with Gasteiger partial charge in [0.15, 0.2) is 0 Å². The van der Waals surface area contributed by atoms with Crippen LogP contribution in [0.1, 0.15) is 39.0 Å². The van der Waals surface area contributed by atoms with Crippen LogP contribution in [0.4, 0.5) is 0 Å². The Morgan fingerprint density at radius 3 is 2.00 bits per heavy atom. The molecule has 0 aliphatic heterocycles. The first-order valence-corrected chi connectivity index (χ1v) is 6.62. The minimum Gasteiger partial charge on any atom is -1.00 e. The van der Waals surface area contributed by atoms with E-state index in [2.05, 4.69) is 36.9 Å². The summed E-state index contributed by atoms with van der Waals surface area (Å²) in [7, 11) is 4.64. The number of hydrogen-bond acceptors (Lipinski definition) is 0. The normalized spacial score (nSPS) is 11.1. The van der Waals surface area contributed by atoms with Gasteiger partial charge in [0, 0.05) is 0 Å². The average molecular weight is 378 g/mol. The number of unbranched alkanes of at least 4 members (excludes halogenated alkanes) is 4. The molecule has 1 nitrogen and oxygen atoms in total. The summed E-state index contributed by atoms with van der Waals surface area (Å²) in [4.78, 5) is 0. The van der Waals surface area contributed by atoms with Crippen molar-refractivity contribution >= 4 is 15.9 Å². The van der Waals surface area contributed by atoms with Gasteiger partial charge < -0.3 is 28.5 Å². The fourth-order valence-electron chi connectivity index (χ4n) is 1.48. The molecule has 0 aromatic rings.